The van der Waals surface area contributed by atoms with Crippen molar-refractivity contribution < 1.29 is 5.11 Å². The van der Waals surface area contributed by atoms with E-state index in [1.807, 2.05) is 31.3 Å². The van der Waals surface area contributed by atoms with E-state index in [0.29, 0.717) is 19.0 Å². The first-order valence-corrected chi connectivity index (χ1v) is 9.25. The van der Waals surface area contributed by atoms with Crippen LogP contribution in [0.4, 0.5) is 5.69 Å². The third-order valence-corrected chi connectivity index (χ3v) is 5.64. The number of pyridine rings is 1. The van der Waals surface area contributed by atoms with Crippen LogP contribution in [0.5, 0.6) is 0 Å². The van der Waals surface area contributed by atoms with E-state index in [2.05, 4.69) is 26.9 Å². The molecular weight excluding hydrogens is 357 g/mol. The van der Waals surface area contributed by atoms with Crippen LogP contribution in [0.15, 0.2) is 36.5 Å². The fourth-order valence-electron chi connectivity index (χ4n) is 3.73. The Morgan fingerprint density at radius 3 is 2.40 bits per heavy atom. The lowest BCUT2D eigenvalue weighted by Gasteiger charge is -2.44. The lowest BCUT2D eigenvalue weighted by atomic mass is 9.91. The van der Waals surface area contributed by atoms with Gasteiger partial charge in [-0.25, -0.2) is 0 Å². The van der Waals surface area contributed by atoms with Crippen LogP contribution in [0, 0.1) is 0 Å². The molecule has 4 rings (SSSR count). The van der Waals surface area contributed by atoms with Gasteiger partial charge in [-0.2, -0.15) is 0 Å². The highest BCUT2D eigenvalue weighted by Crippen LogP contribution is 2.38. The average molecular weight is 378 g/mol. The van der Waals surface area contributed by atoms with Gasteiger partial charge in [0.1, 0.15) is 0 Å². The molecule has 0 amide bonds. The fraction of sp³-hybridized carbons (Fsp3) is 0.421. The number of nitrogens with zero attached hydrogens (tertiary/aromatic N) is 3. The van der Waals surface area contributed by atoms with E-state index in [-0.39, 0.29) is 0 Å². The summed E-state index contributed by atoms with van der Waals surface area (Å²) in [6.45, 7) is 5.88. The van der Waals surface area contributed by atoms with Gasteiger partial charge >= 0.3 is 0 Å². The smallest absolute Gasteiger partial charge is 0.0872 e. The molecule has 2 aromatic rings. The second-order valence-corrected chi connectivity index (χ2v) is 8.20. The van der Waals surface area contributed by atoms with Gasteiger partial charge in [0.15, 0.2) is 0 Å². The summed E-state index contributed by atoms with van der Waals surface area (Å²) in [6, 6.07) is 9.86. The number of halogens is 2. The highest BCUT2D eigenvalue weighted by atomic mass is 35.5. The molecule has 0 radical (unpaired) electrons. The number of aliphatic hydroxyl groups is 1. The zero-order chi connectivity index (χ0) is 17.6. The van der Waals surface area contributed by atoms with Crippen molar-refractivity contribution in [3.63, 3.8) is 0 Å². The minimum atomic E-state index is -0.535. The normalized spacial score (nSPS) is 20.2. The highest BCUT2D eigenvalue weighted by Gasteiger charge is 2.36. The number of likely N-dealkylation sites (tertiary alicyclic amines) is 1. The van der Waals surface area contributed by atoms with Crippen molar-refractivity contribution in [2.45, 2.75) is 25.0 Å². The summed E-state index contributed by atoms with van der Waals surface area (Å²) in [5.74, 6) is 0.365. The Bertz CT molecular complexity index is 744. The summed E-state index contributed by atoms with van der Waals surface area (Å²) in [6.07, 6.45) is 1.93. The Balaban J connectivity index is 1.35. The lowest BCUT2D eigenvalue weighted by Crippen LogP contribution is -2.59. The van der Waals surface area contributed by atoms with Crippen molar-refractivity contribution in [1.82, 2.24) is 9.88 Å². The summed E-state index contributed by atoms with van der Waals surface area (Å²) in [5, 5.41) is 11.3. The van der Waals surface area contributed by atoms with E-state index in [1.165, 1.54) is 0 Å². The van der Waals surface area contributed by atoms with Crippen molar-refractivity contribution in [3.05, 3.63) is 57.8 Å². The molecule has 132 valence electrons. The van der Waals surface area contributed by atoms with E-state index in [0.717, 1.165) is 46.6 Å². The van der Waals surface area contributed by atoms with Gasteiger partial charge in [0.2, 0.25) is 0 Å². The van der Waals surface area contributed by atoms with Crippen LogP contribution in [-0.4, -0.2) is 46.8 Å². The van der Waals surface area contributed by atoms with Gasteiger partial charge in [0, 0.05) is 48.7 Å². The fourth-order valence-corrected chi connectivity index (χ4v) is 4.43. The van der Waals surface area contributed by atoms with Crippen LogP contribution in [0.3, 0.4) is 0 Å². The van der Waals surface area contributed by atoms with Crippen molar-refractivity contribution in [1.29, 1.82) is 0 Å². The number of anilines is 1. The predicted molar refractivity (Wildman–Crippen MR) is 102 cm³/mol. The number of β-amino-alcohol motifs (C(OH)–C–C–N with tert-alkyl or cyclic N) is 1. The van der Waals surface area contributed by atoms with Gasteiger partial charge < -0.3 is 10.0 Å². The molecule has 2 aliphatic rings. The van der Waals surface area contributed by atoms with E-state index in [4.69, 9.17) is 23.2 Å². The third-order valence-electron chi connectivity index (χ3n) is 4.98. The second-order valence-electron chi connectivity index (χ2n) is 7.39. The van der Waals surface area contributed by atoms with E-state index in [9.17, 15) is 5.11 Å². The number of benzene rings is 1. The molecule has 1 N–H and O–H groups in total. The zero-order valence-corrected chi connectivity index (χ0v) is 15.6. The molecule has 0 spiro atoms. The van der Waals surface area contributed by atoms with Gasteiger partial charge in [0.05, 0.1) is 23.2 Å². The predicted octanol–water partition coefficient (Wildman–Crippen LogP) is 3.56. The maximum Gasteiger partial charge on any atom is 0.0872 e. The van der Waals surface area contributed by atoms with E-state index >= 15 is 0 Å². The number of aromatic nitrogens is 1. The molecule has 2 fully saturated rings. The molecule has 1 aromatic carbocycles. The molecule has 25 heavy (non-hydrogen) atoms. The first-order valence-electron chi connectivity index (χ1n) is 8.50. The maximum absolute atomic E-state index is 9.79. The van der Waals surface area contributed by atoms with Crippen molar-refractivity contribution in [2.24, 2.45) is 0 Å². The molecule has 0 saturated carbocycles. The first-order chi connectivity index (χ1) is 11.9. The van der Waals surface area contributed by atoms with Crippen molar-refractivity contribution >= 4 is 28.9 Å². The van der Waals surface area contributed by atoms with Crippen LogP contribution in [0.25, 0.3) is 0 Å². The van der Waals surface area contributed by atoms with E-state index < -0.39 is 5.60 Å². The van der Waals surface area contributed by atoms with Crippen molar-refractivity contribution in [2.75, 3.05) is 31.1 Å². The summed E-state index contributed by atoms with van der Waals surface area (Å²) in [4.78, 5) is 9.05. The molecule has 6 heteroatoms. The molecule has 0 atom stereocenters. The Morgan fingerprint density at radius 1 is 1.16 bits per heavy atom. The van der Waals surface area contributed by atoms with Crippen LogP contribution >= 0.6 is 23.2 Å². The summed E-state index contributed by atoms with van der Waals surface area (Å²) in [5.41, 5.74) is 2.67. The van der Waals surface area contributed by atoms with Crippen LogP contribution in [0.1, 0.15) is 24.1 Å². The second kappa shape index (κ2) is 6.44. The summed E-state index contributed by atoms with van der Waals surface area (Å²) in [7, 11) is 0. The highest BCUT2D eigenvalue weighted by molar-refractivity contribution is 6.36. The molecule has 1 aromatic heterocycles. The van der Waals surface area contributed by atoms with E-state index in [1.54, 1.807) is 0 Å². The number of hydrogen-bond donors (Lipinski definition) is 1. The Hall–Kier alpha value is -1.33. The standard InChI is InChI=1S/C19H21Cl2N3O/c1-19(25)11-23(12-19)10-14-5-6-15(7-22-14)24-8-13(9-24)18-16(20)3-2-4-17(18)21/h2-7,13,25H,8-12H2,1H3. The van der Waals surface area contributed by atoms with Crippen molar-refractivity contribution in [3.8, 4) is 0 Å². The molecular formula is C19H21Cl2N3O. The van der Waals surface area contributed by atoms with Crippen LogP contribution in [0.2, 0.25) is 10.0 Å². The quantitative estimate of drug-likeness (QED) is 0.883. The van der Waals surface area contributed by atoms with Crippen LogP contribution < -0.4 is 4.90 Å². The number of rotatable bonds is 4. The minimum Gasteiger partial charge on any atom is -0.388 e. The average Bonchev–Trinajstić information content (AvgIpc) is 2.48. The molecule has 4 nitrogen and oxygen atoms in total. The monoisotopic (exact) mass is 377 g/mol. The van der Waals surface area contributed by atoms with Gasteiger partial charge in [-0.1, -0.05) is 29.3 Å². The van der Waals surface area contributed by atoms with Gasteiger partial charge in [0.25, 0.3) is 0 Å². The topological polar surface area (TPSA) is 39.6 Å². The molecule has 2 aliphatic heterocycles. The SMILES string of the molecule is CC1(O)CN(Cc2ccc(N3CC(c4c(Cl)cccc4Cl)C3)cn2)C1. The van der Waals surface area contributed by atoms with Gasteiger partial charge in [-0.15, -0.1) is 0 Å². The zero-order valence-electron chi connectivity index (χ0n) is 14.1. The summed E-state index contributed by atoms with van der Waals surface area (Å²) < 4.78 is 0. The molecule has 3 heterocycles. The Kier molecular flexibility index (Phi) is 4.40. The molecule has 0 aliphatic carbocycles. The third kappa shape index (κ3) is 3.49. The maximum atomic E-state index is 9.79. The minimum absolute atomic E-state index is 0.365. The Labute approximate surface area is 158 Å². The van der Waals surface area contributed by atoms with Crippen LogP contribution in [-0.2, 0) is 6.54 Å². The largest absolute Gasteiger partial charge is 0.388 e. The number of hydrogen-bond acceptors (Lipinski definition) is 4. The molecule has 0 bridgehead atoms. The van der Waals surface area contributed by atoms with Gasteiger partial charge in [-0.05, 0) is 36.8 Å². The Morgan fingerprint density at radius 2 is 1.84 bits per heavy atom. The van der Waals surface area contributed by atoms with Gasteiger partial charge in [-0.3, -0.25) is 9.88 Å². The first kappa shape index (κ1) is 17.1. The lowest BCUT2D eigenvalue weighted by molar-refractivity contribution is -0.0875. The molecule has 0 unspecified atom stereocenters. The molecule has 2 saturated heterocycles. The summed E-state index contributed by atoms with van der Waals surface area (Å²) >= 11 is 12.6.